The number of rotatable bonds is 7. The molecule has 0 saturated carbocycles. The molecule has 0 aliphatic heterocycles. The Morgan fingerprint density at radius 2 is 1.81 bits per heavy atom. The minimum absolute atomic E-state index is 0.0727. The molecule has 8 heteroatoms. The van der Waals surface area contributed by atoms with Gasteiger partial charge in [0.15, 0.2) is 0 Å². The number of hydrogen-bond acceptors (Lipinski definition) is 5. The average molecular weight is 355 g/mol. The maximum absolute atomic E-state index is 12.2. The Bertz CT molecular complexity index is 862. The molecule has 0 aliphatic carbocycles. The van der Waals surface area contributed by atoms with E-state index in [-0.39, 0.29) is 24.1 Å². The highest BCUT2D eigenvalue weighted by Crippen LogP contribution is 2.18. The topological polar surface area (TPSA) is 122 Å². The van der Waals surface area contributed by atoms with E-state index in [1.54, 1.807) is 31.2 Å². The number of amides is 1. The SMILES string of the molecule is Cc1cc(C(=O)N/N=C(/CCC(=O)O)c2ccccc2)ccc1[N+](=O)[O-]. The minimum Gasteiger partial charge on any atom is -0.481 e. The number of benzene rings is 2. The quantitative estimate of drug-likeness (QED) is 0.449. The molecule has 0 atom stereocenters. The molecule has 0 spiro atoms. The van der Waals surface area contributed by atoms with Crippen molar-refractivity contribution in [3.63, 3.8) is 0 Å². The van der Waals surface area contributed by atoms with Crippen LogP contribution in [0.1, 0.15) is 34.3 Å². The number of nitro benzene ring substituents is 1. The molecule has 0 unspecified atom stereocenters. The fourth-order valence-electron chi connectivity index (χ4n) is 2.31. The van der Waals surface area contributed by atoms with Gasteiger partial charge >= 0.3 is 5.97 Å². The lowest BCUT2D eigenvalue weighted by Crippen LogP contribution is -2.20. The average Bonchev–Trinajstić information content (AvgIpc) is 2.61. The monoisotopic (exact) mass is 355 g/mol. The van der Waals surface area contributed by atoms with Gasteiger partial charge in [-0.25, -0.2) is 5.43 Å². The zero-order valence-corrected chi connectivity index (χ0v) is 14.0. The van der Waals surface area contributed by atoms with Crippen molar-refractivity contribution in [2.75, 3.05) is 0 Å². The Morgan fingerprint density at radius 3 is 2.38 bits per heavy atom. The largest absolute Gasteiger partial charge is 0.481 e. The van der Waals surface area contributed by atoms with Crippen LogP contribution < -0.4 is 5.43 Å². The molecular formula is C18H17N3O5. The van der Waals surface area contributed by atoms with Gasteiger partial charge in [-0.1, -0.05) is 30.3 Å². The number of nitro groups is 1. The van der Waals surface area contributed by atoms with E-state index < -0.39 is 16.8 Å². The molecule has 0 radical (unpaired) electrons. The molecule has 2 rings (SSSR count). The first-order valence-corrected chi connectivity index (χ1v) is 7.77. The van der Waals surface area contributed by atoms with Crippen molar-refractivity contribution in [3.05, 3.63) is 75.3 Å². The molecule has 1 amide bonds. The predicted molar refractivity (Wildman–Crippen MR) is 95.1 cm³/mol. The van der Waals surface area contributed by atoms with Crippen LogP contribution in [0.25, 0.3) is 0 Å². The first-order valence-electron chi connectivity index (χ1n) is 7.77. The number of carbonyl (C=O) groups excluding carboxylic acids is 1. The van der Waals surface area contributed by atoms with Crippen molar-refractivity contribution in [3.8, 4) is 0 Å². The number of nitrogens with zero attached hydrogens (tertiary/aromatic N) is 2. The zero-order valence-electron chi connectivity index (χ0n) is 14.0. The summed E-state index contributed by atoms with van der Waals surface area (Å²) < 4.78 is 0. The number of hydrazone groups is 1. The second kappa shape index (κ2) is 8.52. The molecule has 26 heavy (non-hydrogen) atoms. The van der Waals surface area contributed by atoms with Gasteiger partial charge in [-0.05, 0) is 24.6 Å². The number of aryl methyl sites for hydroxylation is 1. The Labute approximate surface area is 149 Å². The highest BCUT2D eigenvalue weighted by Gasteiger charge is 2.14. The summed E-state index contributed by atoms with van der Waals surface area (Å²) in [6.07, 6.45) is 0.0269. The number of carbonyl (C=O) groups is 2. The van der Waals surface area contributed by atoms with Crippen LogP contribution in [0.15, 0.2) is 53.6 Å². The molecular weight excluding hydrogens is 338 g/mol. The van der Waals surface area contributed by atoms with Crippen molar-refractivity contribution in [2.45, 2.75) is 19.8 Å². The van der Waals surface area contributed by atoms with Gasteiger partial charge in [0.05, 0.1) is 17.1 Å². The smallest absolute Gasteiger partial charge is 0.303 e. The normalized spacial score (nSPS) is 11.0. The summed E-state index contributed by atoms with van der Waals surface area (Å²) in [6, 6.07) is 12.9. The van der Waals surface area contributed by atoms with Crippen molar-refractivity contribution in [2.24, 2.45) is 5.10 Å². The third-order valence-corrected chi connectivity index (χ3v) is 3.63. The molecule has 0 bridgehead atoms. The molecule has 0 fully saturated rings. The Balaban J connectivity index is 2.20. The van der Waals surface area contributed by atoms with Crippen molar-refractivity contribution < 1.29 is 19.6 Å². The standard InChI is InChI=1S/C18H17N3O5/c1-12-11-14(7-9-16(12)21(25)26)18(24)20-19-15(8-10-17(22)23)13-5-3-2-4-6-13/h2-7,9,11H,8,10H2,1H3,(H,20,24)(H,22,23)/b19-15-. The van der Waals surface area contributed by atoms with E-state index in [2.05, 4.69) is 10.5 Å². The number of nitrogens with one attached hydrogen (secondary N) is 1. The van der Waals surface area contributed by atoms with Crippen LogP contribution in [0.2, 0.25) is 0 Å². The Hall–Kier alpha value is -3.55. The van der Waals surface area contributed by atoms with E-state index in [1.807, 2.05) is 6.07 Å². The first kappa shape index (κ1) is 18.8. The molecule has 2 aromatic carbocycles. The highest BCUT2D eigenvalue weighted by molar-refractivity contribution is 6.03. The first-order chi connectivity index (χ1) is 12.4. The Kier molecular flexibility index (Phi) is 6.15. The van der Waals surface area contributed by atoms with Gasteiger partial charge in [0, 0.05) is 23.6 Å². The van der Waals surface area contributed by atoms with Crippen LogP contribution in [0, 0.1) is 17.0 Å². The van der Waals surface area contributed by atoms with E-state index in [0.29, 0.717) is 16.8 Å². The fourth-order valence-corrected chi connectivity index (χ4v) is 2.31. The van der Waals surface area contributed by atoms with Gasteiger partial charge in [-0.2, -0.15) is 5.10 Å². The fraction of sp³-hybridized carbons (Fsp3) is 0.167. The van der Waals surface area contributed by atoms with Crippen molar-refractivity contribution in [1.82, 2.24) is 5.43 Å². The number of carboxylic acid groups (broad SMARTS) is 1. The summed E-state index contributed by atoms with van der Waals surface area (Å²) in [5, 5.41) is 23.8. The molecule has 134 valence electrons. The second-order valence-electron chi connectivity index (χ2n) is 5.52. The van der Waals surface area contributed by atoms with Crippen LogP contribution in [0.3, 0.4) is 0 Å². The molecule has 0 aliphatic rings. The van der Waals surface area contributed by atoms with Gasteiger partial charge < -0.3 is 5.11 Å². The van der Waals surface area contributed by atoms with Crippen LogP contribution in [-0.4, -0.2) is 27.6 Å². The maximum Gasteiger partial charge on any atom is 0.303 e. The van der Waals surface area contributed by atoms with E-state index in [0.717, 1.165) is 0 Å². The number of hydrogen-bond donors (Lipinski definition) is 2. The van der Waals surface area contributed by atoms with Gasteiger partial charge in [-0.15, -0.1) is 0 Å². The van der Waals surface area contributed by atoms with Gasteiger partial charge in [0.25, 0.3) is 11.6 Å². The van der Waals surface area contributed by atoms with Crippen LogP contribution in [0.5, 0.6) is 0 Å². The van der Waals surface area contributed by atoms with Gasteiger partial charge in [0.2, 0.25) is 0 Å². The second-order valence-corrected chi connectivity index (χ2v) is 5.52. The summed E-state index contributed by atoms with van der Waals surface area (Å²) in [7, 11) is 0. The lowest BCUT2D eigenvalue weighted by molar-refractivity contribution is -0.385. The summed E-state index contributed by atoms with van der Waals surface area (Å²) >= 11 is 0. The molecule has 0 heterocycles. The van der Waals surface area contributed by atoms with Crippen LogP contribution in [-0.2, 0) is 4.79 Å². The van der Waals surface area contributed by atoms with E-state index in [1.165, 1.54) is 18.2 Å². The number of aliphatic carboxylic acids is 1. The maximum atomic E-state index is 12.2. The van der Waals surface area contributed by atoms with Crippen LogP contribution >= 0.6 is 0 Å². The zero-order chi connectivity index (χ0) is 19.1. The molecule has 8 nitrogen and oxygen atoms in total. The lowest BCUT2D eigenvalue weighted by atomic mass is 10.1. The molecule has 0 saturated heterocycles. The highest BCUT2D eigenvalue weighted by atomic mass is 16.6. The van der Waals surface area contributed by atoms with Gasteiger partial charge in [-0.3, -0.25) is 19.7 Å². The molecule has 2 aromatic rings. The molecule has 0 aromatic heterocycles. The Morgan fingerprint density at radius 1 is 1.12 bits per heavy atom. The van der Waals surface area contributed by atoms with Crippen LogP contribution in [0.4, 0.5) is 5.69 Å². The lowest BCUT2D eigenvalue weighted by Gasteiger charge is -2.07. The summed E-state index contributed by atoms with van der Waals surface area (Å²) in [6.45, 7) is 1.54. The van der Waals surface area contributed by atoms with E-state index in [4.69, 9.17) is 5.11 Å². The van der Waals surface area contributed by atoms with Crippen molar-refractivity contribution >= 4 is 23.3 Å². The van der Waals surface area contributed by atoms with Gasteiger partial charge in [0.1, 0.15) is 0 Å². The van der Waals surface area contributed by atoms with E-state index >= 15 is 0 Å². The summed E-state index contributed by atoms with van der Waals surface area (Å²) in [4.78, 5) is 33.4. The summed E-state index contributed by atoms with van der Waals surface area (Å²) in [5.74, 6) is -1.50. The predicted octanol–water partition coefficient (Wildman–Crippen LogP) is 2.90. The molecule has 2 N–H and O–H groups in total. The number of carboxylic acids is 1. The minimum atomic E-state index is -0.967. The third kappa shape index (κ3) is 4.97. The van der Waals surface area contributed by atoms with Crippen molar-refractivity contribution in [1.29, 1.82) is 0 Å². The third-order valence-electron chi connectivity index (χ3n) is 3.63. The van der Waals surface area contributed by atoms with E-state index in [9.17, 15) is 19.7 Å². The summed E-state index contributed by atoms with van der Waals surface area (Å²) in [5.41, 5.74) is 4.03.